The van der Waals surface area contributed by atoms with Crippen LogP contribution in [0.3, 0.4) is 0 Å². The van der Waals surface area contributed by atoms with Crippen LogP contribution in [0.15, 0.2) is 36.4 Å². The van der Waals surface area contributed by atoms with E-state index in [1.54, 1.807) is 31.2 Å². The average molecular weight is 475 g/mol. The van der Waals surface area contributed by atoms with Gasteiger partial charge >= 0.3 is 12.6 Å². The number of halogens is 2. The van der Waals surface area contributed by atoms with Crippen molar-refractivity contribution in [3.63, 3.8) is 0 Å². The van der Waals surface area contributed by atoms with Crippen LogP contribution in [0.1, 0.15) is 35.7 Å². The largest absolute Gasteiger partial charge is 0.490 e. The predicted molar refractivity (Wildman–Crippen MR) is 122 cm³/mol. The van der Waals surface area contributed by atoms with E-state index in [4.69, 9.17) is 4.74 Å². The molecule has 0 aromatic heterocycles. The number of aromatic carboxylic acids is 1. The predicted octanol–water partition coefficient (Wildman–Crippen LogP) is 3.81. The van der Waals surface area contributed by atoms with Gasteiger partial charge in [-0.15, -0.1) is 0 Å². The van der Waals surface area contributed by atoms with Crippen LogP contribution in [0.5, 0.6) is 11.5 Å². The summed E-state index contributed by atoms with van der Waals surface area (Å²) in [5, 5.41) is 12.0. The topological polar surface area (TPSA) is 91.3 Å². The molecule has 2 aromatic carbocycles. The summed E-state index contributed by atoms with van der Waals surface area (Å²) in [5.74, 6) is -0.880. The molecule has 10 heteroatoms. The summed E-state index contributed by atoms with van der Waals surface area (Å²) in [4.78, 5) is 27.9. The van der Waals surface area contributed by atoms with Crippen LogP contribution in [0.25, 0.3) is 0 Å². The Bertz CT molecular complexity index is 1060. The van der Waals surface area contributed by atoms with E-state index in [2.05, 4.69) is 19.9 Å². The Balaban J connectivity index is 1.41. The minimum atomic E-state index is -2.92. The molecule has 2 heterocycles. The Morgan fingerprint density at radius 2 is 1.94 bits per heavy atom. The summed E-state index contributed by atoms with van der Waals surface area (Å²) in [6.45, 7) is 1.67. The Morgan fingerprint density at radius 3 is 2.62 bits per heavy atom. The van der Waals surface area contributed by atoms with Gasteiger partial charge in [-0.2, -0.15) is 8.78 Å². The molecule has 2 N–H and O–H groups in total. The summed E-state index contributed by atoms with van der Waals surface area (Å²) < 4.78 is 35.3. The van der Waals surface area contributed by atoms with Crippen molar-refractivity contribution in [1.82, 2.24) is 4.90 Å². The standard InChI is InChI=1S/C24H27F2N3O5/c1-2-33-21-11-15(3-6-20(21)34-24(25)26)13-28-9-7-17(8-10-28)29-14-22(30)27-18-12-16(23(31)32)4-5-19(18)29/h3-6,11-12,17,24H,2,7-10,13-14H2,1H3,(H,27,30)(H,31,32). The second kappa shape index (κ2) is 10.3. The quantitative estimate of drug-likeness (QED) is 0.600. The van der Waals surface area contributed by atoms with Gasteiger partial charge in [-0.25, -0.2) is 4.79 Å². The zero-order valence-electron chi connectivity index (χ0n) is 18.8. The van der Waals surface area contributed by atoms with Crippen LogP contribution in [0.2, 0.25) is 0 Å². The lowest BCUT2D eigenvalue weighted by Gasteiger charge is -2.42. The van der Waals surface area contributed by atoms with Gasteiger partial charge in [0.05, 0.1) is 30.1 Å². The van der Waals surface area contributed by atoms with Gasteiger partial charge in [-0.1, -0.05) is 6.07 Å². The number of amides is 1. The lowest BCUT2D eigenvalue weighted by Crippen LogP contribution is -2.49. The van der Waals surface area contributed by atoms with Gasteiger partial charge in [0.15, 0.2) is 11.5 Å². The summed E-state index contributed by atoms with van der Waals surface area (Å²) in [7, 11) is 0. The van der Waals surface area contributed by atoms with Crippen LogP contribution >= 0.6 is 0 Å². The van der Waals surface area contributed by atoms with Gasteiger partial charge in [-0.05, 0) is 55.7 Å². The van der Waals surface area contributed by atoms with Gasteiger partial charge in [0.25, 0.3) is 0 Å². The monoisotopic (exact) mass is 475 g/mol. The van der Waals surface area contributed by atoms with E-state index in [0.29, 0.717) is 24.6 Å². The first-order chi connectivity index (χ1) is 16.3. The molecule has 0 bridgehead atoms. The highest BCUT2D eigenvalue weighted by atomic mass is 19.3. The highest BCUT2D eigenvalue weighted by Crippen LogP contribution is 2.35. The van der Waals surface area contributed by atoms with E-state index in [9.17, 15) is 23.5 Å². The molecule has 4 rings (SSSR count). The first kappa shape index (κ1) is 23.7. The number of likely N-dealkylation sites (tertiary alicyclic amines) is 1. The number of hydrogen-bond donors (Lipinski definition) is 2. The van der Waals surface area contributed by atoms with Gasteiger partial charge in [-0.3, -0.25) is 9.69 Å². The van der Waals surface area contributed by atoms with Crippen molar-refractivity contribution in [2.75, 3.05) is 36.5 Å². The fourth-order valence-corrected chi connectivity index (χ4v) is 4.53. The number of benzene rings is 2. The zero-order chi connectivity index (χ0) is 24.2. The summed E-state index contributed by atoms with van der Waals surface area (Å²) >= 11 is 0. The Hall–Kier alpha value is -3.40. The number of carboxylic acids is 1. The number of nitrogens with one attached hydrogen (secondary N) is 1. The number of anilines is 2. The second-order valence-corrected chi connectivity index (χ2v) is 8.31. The number of fused-ring (bicyclic) bond motifs is 1. The van der Waals surface area contributed by atoms with Crippen LogP contribution < -0.4 is 19.7 Å². The van der Waals surface area contributed by atoms with E-state index >= 15 is 0 Å². The van der Waals surface area contributed by atoms with Gasteiger partial charge in [0, 0.05) is 25.7 Å². The third-order valence-electron chi connectivity index (χ3n) is 6.07. The first-order valence-corrected chi connectivity index (χ1v) is 11.2. The number of nitrogens with zero attached hydrogens (tertiary/aromatic N) is 2. The molecule has 0 saturated carbocycles. The average Bonchev–Trinajstić information content (AvgIpc) is 2.80. The molecular weight excluding hydrogens is 448 g/mol. The molecule has 1 fully saturated rings. The molecule has 0 spiro atoms. The number of ether oxygens (including phenoxy) is 2. The molecule has 0 radical (unpaired) electrons. The van der Waals surface area contributed by atoms with Crippen molar-refractivity contribution in [2.24, 2.45) is 0 Å². The molecule has 2 aliphatic heterocycles. The number of carbonyl (C=O) groups excluding carboxylic acids is 1. The highest BCUT2D eigenvalue weighted by molar-refractivity contribution is 6.03. The summed E-state index contributed by atoms with van der Waals surface area (Å²) in [6, 6.07) is 9.96. The molecule has 34 heavy (non-hydrogen) atoms. The number of carbonyl (C=O) groups is 2. The highest BCUT2D eigenvalue weighted by Gasteiger charge is 2.31. The molecule has 0 aliphatic carbocycles. The van der Waals surface area contributed by atoms with Crippen LogP contribution in [0, 0.1) is 0 Å². The molecule has 8 nitrogen and oxygen atoms in total. The maximum atomic E-state index is 12.6. The summed E-state index contributed by atoms with van der Waals surface area (Å²) in [6.07, 6.45) is 1.66. The molecule has 0 unspecified atom stereocenters. The number of rotatable bonds is 8. The summed E-state index contributed by atoms with van der Waals surface area (Å²) in [5.41, 5.74) is 2.42. The smallest absolute Gasteiger partial charge is 0.387 e. The maximum absolute atomic E-state index is 12.6. The Kier molecular flexibility index (Phi) is 7.16. The second-order valence-electron chi connectivity index (χ2n) is 8.31. The number of carboxylic acid groups (broad SMARTS) is 1. The molecule has 1 saturated heterocycles. The van der Waals surface area contributed by atoms with Gasteiger partial charge < -0.3 is 24.8 Å². The van der Waals surface area contributed by atoms with E-state index in [-0.39, 0.29) is 29.8 Å². The molecule has 1 amide bonds. The molecular formula is C24H27F2N3O5. The fraction of sp³-hybridized carbons (Fsp3) is 0.417. The lowest BCUT2D eigenvalue weighted by atomic mass is 9.99. The first-order valence-electron chi connectivity index (χ1n) is 11.2. The van der Waals surface area contributed by atoms with Crippen molar-refractivity contribution >= 4 is 23.3 Å². The van der Waals surface area contributed by atoms with Gasteiger partial charge in [0.1, 0.15) is 0 Å². The Morgan fingerprint density at radius 1 is 1.18 bits per heavy atom. The SMILES string of the molecule is CCOc1cc(CN2CCC(N3CC(=O)Nc4cc(C(=O)O)ccc43)CC2)ccc1OC(F)F. The minimum absolute atomic E-state index is 0.0207. The van der Waals surface area contributed by atoms with Crippen molar-refractivity contribution in [1.29, 1.82) is 0 Å². The van der Waals surface area contributed by atoms with Crippen molar-refractivity contribution in [3.8, 4) is 11.5 Å². The molecule has 182 valence electrons. The van der Waals surface area contributed by atoms with E-state index in [0.717, 1.165) is 37.2 Å². The molecule has 2 aromatic rings. The van der Waals surface area contributed by atoms with E-state index in [1.165, 1.54) is 12.1 Å². The lowest BCUT2D eigenvalue weighted by molar-refractivity contribution is -0.115. The van der Waals surface area contributed by atoms with Crippen molar-refractivity contribution < 1.29 is 33.0 Å². The fourth-order valence-electron chi connectivity index (χ4n) is 4.53. The minimum Gasteiger partial charge on any atom is -0.490 e. The third-order valence-corrected chi connectivity index (χ3v) is 6.07. The maximum Gasteiger partial charge on any atom is 0.387 e. The number of hydrogen-bond acceptors (Lipinski definition) is 6. The number of piperidine rings is 1. The number of alkyl halides is 2. The molecule has 0 atom stereocenters. The Labute approximate surface area is 196 Å². The van der Waals surface area contributed by atoms with Crippen LogP contribution in [-0.4, -0.2) is 60.8 Å². The van der Waals surface area contributed by atoms with E-state index in [1.807, 2.05) is 0 Å². The zero-order valence-corrected chi connectivity index (χ0v) is 18.8. The van der Waals surface area contributed by atoms with Crippen LogP contribution in [-0.2, 0) is 11.3 Å². The van der Waals surface area contributed by atoms with Gasteiger partial charge in [0.2, 0.25) is 5.91 Å². The van der Waals surface area contributed by atoms with Crippen LogP contribution in [0.4, 0.5) is 20.2 Å². The van der Waals surface area contributed by atoms with Crippen molar-refractivity contribution in [3.05, 3.63) is 47.5 Å². The third kappa shape index (κ3) is 5.39. The molecule has 2 aliphatic rings. The normalized spacial score (nSPS) is 16.8. The van der Waals surface area contributed by atoms with E-state index < -0.39 is 12.6 Å². The van der Waals surface area contributed by atoms with Crippen molar-refractivity contribution in [2.45, 2.75) is 39.0 Å².